The van der Waals surface area contributed by atoms with E-state index in [4.69, 9.17) is 4.74 Å². The molecule has 3 rings (SSSR count). The standard InChI is InChI=1S/C20H24N2O4S/c1-2-16-5-9-18(10-6-16)26-15-13-21-27(24,25)19-11-7-17(8-12-19)22-14-3-4-20(22)23/h5-12,21H,2-4,13-15H2,1H3. The first kappa shape index (κ1) is 19.4. The van der Waals surface area contributed by atoms with Crippen molar-refractivity contribution < 1.29 is 17.9 Å². The van der Waals surface area contributed by atoms with Gasteiger partial charge in [0, 0.05) is 25.2 Å². The summed E-state index contributed by atoms with van der Waals surface area (Å²) in [5.41, 5.74) is 1.96. The van der Waals surface area contributed by atoms with Crippen molar-refractivity contribution in [2.24, 2.45) is 0 Å². The summed E-state index contributed by atoms with van der Waals surface area (Å²) in [6, 6.07) is 14.1. The summed E-state index contributed by atoms with van der Waals surface area (Å²) in [5, 5.41) is 0. The van der Waals surface area contributed by atoms with E-state index in [2.05, 4.69) is 11.6 Å². The molecule has 0 unspecified atom stereocenters. The van der Waals surface area contributed by atoms with E-state index in [1.165, 1.54) is 17.7 Å². The molecule has 0 aliphatic carbocycles. The van der Waals surface area contributed by atoms with Gasteiger partial charge in [0.15, 0.2) is 0 Å². The molecule has 1 heterocycles. The quantitative estimate of drug-likeness (QED) is 0.706. The number of carbonyl (C=O) groups is 1. The lowest BCUT2D eigenvalue weighted by Crippen LogP contribution is -2.28. The summed E-state index contributed by atoms with van der Waals surface area (Å²) in [7, 11) is -3.61. The van der Waals surface area contributed by atoms with Crippen LogP contribution in [0.4, 0.5) is 5.69 Å². The zero-order valence-electron chi connectivity index (χ0n) is 15.3. The predicted octanol–water partition coefficient (Wildman–Crippen LogP) is 2.73. The molecule has 2 aromatic carbocycles. The smallest absolute Gasteiger partial charge is 0.240 e. The summed E-state index contributed by atoms with van der Waals surface area (Å²) >= 11 is 0. The second kappa shape index (κ2) is 8.54. The minimum Gasteiger partial charge on any atom is -0.492 e. The molecule has 0 radical (unpaired) electrons. The Morgan fingerprint density at radius 1 is 1.07 bits per heavy atom. The monoisotopic (exact) mass is 388 g/mol. The Labute approximate surface area is 160 Å². The van der Waals surface area contributed by atoms with Crippen LogP contribution in [0, 0.1) is 0 Å². The van der Waals surface area contributed by atoms with Gasteiger partial charge in [-0.2, -0.15) is 0 Å². The van der Waals surface area contributed by atoms with Crippen molar-refractivity contribution in [3.05, 3.63) is 54.1 Å². The number of aryl methyl sites for hydroxylation is 1. The van der Waals surface area contributed by atoms with Crippen molar-refractivity contribution in [1.82, 2.24) is 4.72 Å². The SMILES string of the molecule is CCc1ccc(OCCNS(=O)(=O)c2ccc(N3CCCC3=O)cc2)cc1. The van der Waals surface area contributed by atoms with E-state index in [9.17, 15) is 13.2 Å². The average molecular weight is 388 g/mol. The van der Waals surface area contributed by atoms with Crippen molar-refractivity contribution in [3.8, 4) is 5.75 Å². The molecule has 144 valence electrons. The molecule has 6 nitrogen and oxygen atoms in total. The van der Waals surface area contributed by atoms with Gasteiger partial charge in [0.1, 0.15) is 12.4 Å². The van der Waals surface area contributed by atoms with E-state index in [1.807, 2.05) is 24.3 Å². The fraction of sp³-hybridized carbons (Fsp3) is 0.350. The number of nitrogens with one attached hydrogen (secondary N) is 1. The normalized spacial score (nSPS) is 14.6. The summed E-state index contributed by atoms with van der Waals surface area (Å²) in [4.78, 5) is 13.6. The summed E-state index contributed by atoms with van der Waals surface area (Å²) in [5.74, 6) is 0.791. The van der Waals surface area contributed by atoms with E-state index in [-0.39, 0.29) is 24.0 Å². The van der Waals surface area contributed by atoms with E-state index in [0.717, 1.165) is 18.5 Å². The van der Waals surface area contributed by atoms with Crippen LogP contribution in [-0.2, 0) is 21.2 Å². The van der Waals surface area contributed by atoms with Crippen LogP contribution in [0.5, 0.6) is 5.75 Å². The number of hydrogen-bond donors (Lipinski definition) is 1. The highest BCUT2D eigenvalue weighted by atomic mass is 32.2. The van der Waals surface area contributed by atoms with Crippen LogP contribution in [0.1, 0.15) is 25.3 Å². The highest BCUT2D eigenvalue weighted by Gasteiger charge is 2.22. The third-order valence-electron chi connectivity index (χ3n) is 4.53. The molecular formula is C20H24N2O4S. The molecule has 1 aliphatic rings. The van der Waals surface area contributed by atoms with Gasteiger partial charge in [-0.1, -0.05) is 19.1 Å². The molecule has 1 aliphatic heterocycles. The number of benzene rings is 2. The number of amides is 1. The topological polar surface area (TPSA) is 75.7 Å². The van der Waals surface area contributed by atoms with E-state index < -0.39 is 10.0 Å². The fourth-order valence-electron chi connectivity index (χ4n) is 2.98. The zero-order valence-corrected chi connectivity index (χ0v) is 16.2. The molecule has 1 N–H and O–H groups in total. The van der Waals surface area contributed by atoms with Gasteiger partial charge in [-0.3, -0.25) is 4.79 Å². The van der Waals surface area contributed by atoms with E-state index in [1.54, 1.807) is 17.0 Å². The molecule has 27 heavy (non-hydrogen) atoms. The summed E-state index contributed by atoms with van der Waals surface area (Å²) < 4.78 is 32.9. The molecule has 2 aromatic rings. The highest BCUT2D eigenvalue weighted by molar-refractivity contribution is 7.89. The van der Waals surface area contributed by atoms with Crippen LogP contribution >= 0.6 is 0 Å². The molecule has 0 saturated carbocycles. The van der Waals surface area contributed by atoms with Crippen LogP contribution in [0.15, 0.2) is 53.4 Å². The van der Waals surface area contributed by atoms with Gasteiger partial charge in [0.05, 0.1) is 4.90 Å². The molecule has 0 bridgehead atoms. The lowest BCUT2D eigenvalue weighted by Gasteiger charge is -2.16. The molecular weight excluding hydrogens is 364 g/mol. The van der Waals surface area contributed by atoms with Gasteiger partial charge in [-0.15, -0.1) is 0 Å². The third-order valence-corrected chi connectivity index (χ3v) is 6.00. The van der Waals surface area contributed by atoms with E-state index >= 15 is 0 Å². The zero-order chi connectivity index (χ0) is 19.3. The maximum atomic E-state index is 12.4. The van der Waals surface area contributed by atoms with Crippen molar-refractivity contribution in [2.45, 2.75) is 31.1 Å². The van der Waals surface area contributed by atoms with Crippen LogP contribution in [-0.4, -0.2) is 34.0 Å². The first-order valence-corrected chi connectivity index (χ1v) is 10.6. The Balaban J connectivity index is 1.52. The van der Waals surface area contributed by atoms with Gasteiger partial charge < -0.3 is 9.64 Å². The van der Waals surface area contributed by atoms with E-state index in [0.29, 0.717) is 18.7 Å². The summed E-state index contributed by atoms with van der Waals surface area (Å²) in [6.07, 6.45) is 2.34. The predicted molar refractivity (Wildman–Crippen MR) is 105 cm³/mol. The number of ether oxygens (including phenoxy) is 1. The minimum absolute atomic E-state index is 0.0767. The Hall–Kier alpha value is -2.38. The number of rotatable bonds is 8. The molecule has 0 spiro atoms. The average Bonchev–Trinajstić information content (AvgIpc) is 3.12. The first-order valence-electron chi connectivity index (χ1n) is 9.11. The maximum Gasteiger partial charge on any atom is 0.240 e. The van der Waals surface area contributed by atoms with Crippen molar-refractivity contribution in [3.63, 3.8) is 0 Å². The molecule has 0 atom stereocenters. The Bertz CT molecular complexity index is 877. The van der Waals surface area contributed by atoms with Crippen LogP contribution in [0.2, 0.25) is 0 Å². The number of hydrogen-bond acceptors (Lipinski definition) is 4. The number of sulfonamides is 1. The van der Waals surface area contributed by atoms with Crippen LogP contribution in [0.25, 0.3) is 0 Å². The molecule has 1 fully saturated rings. The second-order valence-electron chi connectivity index (χ2n) is 6.39. The third kappa shape index (κ3) is 4.87. The van der Waals surface area contributed by atoms with Gasteiger partial charge in [-0.05, 0) is 54.8 Å². The van der Waals surface area contributed by atoms with Gasteiger partial charge in [0.2, 0.25) is 15.9 Å². The number of nitrogens with zero attached hydrogens (tertiary/aromatic N) is 1. The molecule has 1 saturated heterocycles. The highest BCUT2D eigenvalue weighted by Crippen LogP contribution is 2.22. The second-order valence-corrected chi connectivity index (χ2v) is 8.15. The number of carbonyl (C=O) groups excluding carboxylic acids is 1. The Kier molecular flexibility index (Phi) is 6.13. The summed E-state index contributed by atoms with van der Waals surface area (Å²) in [6.45, 7) is 3.18. The van der Waals surface area contributed by atoms with Gasteiger partial charge in [0.25, 0.3) is 0 Å². The van der Waals surface area contributed by atoms with Gasteiger partial charge >= 0.3 is 0 Å². The first-order chi connectivity index (χ1) is 13.0. The fourth-order valence-corrected chi connectivity index (χ4v) is 3.99. The van der Waals surface area contributed by atoms with Crippen molar-refractivity contribution >= 4 is 21.6 Å². The largest absolute Gasteiger partial charge is 0.492 e. The lowest BCUT2D eigenvalue weighted by molar-refractivity contribution is -0.117. The minimum atomic E-state index is -3.61. The lowest BCUT2D eigenvalue weighted by atomic mass is 10.2. The van der Waals surface area contributed by atoms with Gasteiger partial charge in [-0.25, -0.2) is 13.1 Å². The van der Waals surface area contributed by atoms with Crippen molar-refractivity contribution in [2.75, 3.05) is 24.6 Å². The maximum absolute atomic E-state index is 12.4. The Morgan fingerprint density at radius 2 is 1.78 bits per heavy atom. The number of anilines is 1. The van der Waals surface area contributed by atoms with Crippen LogP contribution in [0.3, 0.4) is 0 Å². The van der Waals surface area contributed by atoms with Crippen LogP contribution < -0.4 is 14.4 Å². The molecule has 7 heteroatoms. The molecule has 1 amide bonds. The molecule has 0 aromatic heterocycles. The Morgan fingerprint density at radius 3 is 2.37 bits per heavy atom. The van der Waals surface area contributed by atoms with Crippen molar-refractivity contribution in [1.29, 1.82) is 0 Å².